The van der Waals surface area contributed by atoms with Gasteiger partial charge in [0, 0.05) is 59.3 Å². The van der Waals surface area contributed by atoms with Gasteiger partial charge < -0.3 is 108 Å². The summed E-state index contributed by atoms with van der Waals surface area (Å²) in [5, 5.41) is 87.3. The number of nitrogens with zero attached hydrogens (tertiary/aromatic N) is 4. The molecule has 2 aromatic rings. The average Bonchev–Trinajstić information content (AvgIpc) is 1.73. The number of esters is 1. The van der Waals surface area contributed by atoms with E-state index in [1.807, 2.05) is 0 Å². The van der Waals surface area contributed by atoms with Crippen molar-refractivity contribution < 1.29 is 107 Å². The summed E-state index contributed by atoms with van der Waals surface area (Å²) in [4.78, 5) is 205. The molecule has 6 unspecified atom stereocenters. The lowest BCUT2D eigenvalue weighted by molar-refractivity contribution is -0.162. The van der Waals surface area contributed by atoms with Gasteiger partial charge in [-0.05, 0) is 119 Å². The van der Waals surface area contributed by atoms with Crippen LogP contribution >= 0.6 is 0 Å². The molecule has 109 heavy (non-hydrogen) atoms. The van der Waals surface area contributed by atoms with Gasteiger partial charge >= 0.3 is 5.97 Å². The van der Waals surface area contributed by atoms with E-state index < -0.39 is 230 Å². The zero-order valence-corrected chi connectivity index (χ0v) is 63.2. The first-order valence-electron chi connectivity index (χ1n) is 37.1. The van der Waals surface area contributed by atoms with Crippen molar-refractivity contribution in [1.82, 2.24) is 62.1 Å². The summed E-state index contributed by atoms with van der Waals surface area (Å²) >= 11 is 0. The third-order valence-corrected chi connectivity index (χ3v) is 20.7. The van der Waals surface area contributed by atoms with E-state index in [1.54, 1.807) is 52.0 Å². The second-order valence-electron chi connectivity index (χ2n) is 28.4. The summed E-state index contributed by atoms with van der Waals surface area (Å²) in [6.07, 6.45) is -9.53. The summed E-state index contributed by atoms with van der Waals surface area (Å²) < 4.78 is 11.5. The van der Waals surface area contributed by atoms with Gasteiger partial charge in [-0.3, -0.25) is 62.3 Å². The van der Waals surface area contributed by atoms with Crippen molar-refractivity contribution in [3.05, 3.63) is 71.4 Å². The Morgan fingerprint density at radius 3 is 1.81 bits per heavy atom. The predicted molar refractivity (Wildman–Crippen MR) is 389 cm³/mol. The molecule has 13 amide bonds. The number of methoxy groups -OCH3 is 1. The number of aliphatic hydroxyl groups is 5. The maximum atomic E-state index is 15.3. The van der Waals surface area contributed by atoms with Gasteiger partial charge in [0.25, 0.3) is 11.8 Å². The van der Waals surface area contributed by atoms with Gasteiger partial charge in [0.05, 0.1) is 44.6 Å². The number of hydrogen-bond acceptors (Lipinski definition) is 22. The Kier molecular flexibility index (Phi) is 33.6. The number of nitrogens with two attached hydrogens (primary N) is 1. The van der Waals surface area contributed by atoms with E-state index >= 15 is 9.59 Å². The van der Waals surface area contributed by atoms with Crippen LogP contribution in [-0.2, 0) is 84.7 Å². The lowest BCUT2D eigenvalue weighted by Crippen LogP contribution is -2.61. The Labute approximate surface area is 632 Å². The number of phenolic OH excluding ortho intramolecular Hbond substituents is 1. The normalized spacial score (nSPS) is 26.0. The summed E-state index contributed by atoms with van der Waals surface area (Å²) in [5.74, 6) is -14.6. The molecule has 0 aromatic heterocycles. The molecule has 4 saturated heterocycles. The molecule has 35 heteroatoms. The van der Waals surface area contributed by atoms with Crippen molar-refractivity contribution in [2.24, 2.45) is 17.6 Å². The number of allylic oxidation sites excluding steroid dienone is 1. The van der Waals surface area contributed by atoms with Crippen LogP contribution in [-0.4, -0.2) is 271 Å². The number of benzene rings is 2. The standard InChI is InChI=1S/C74H109N13O22/c1-10-39(4)60-69(102)81-52(38-88)66(99)77-48(12-3)65(98)83-61(41(6)89)70(103)79-50(28-23-43-21-26-46(108-9)27-22-43)72(105)86-32-13-16-53(86)67(100)80-51(35-47(36-57(92)62(95)40(5)11-2)109-74(107)56(84(8)42(7)90)34-44-19-24-45(91)25-20-44)63(96)71(104)78-49(29-30-58(75)93)64(97)76-37-59(94)85-31-15-18-55(85)73(106)87-33-14-17-54(87)68(101)82-60/h12,19-22,24-27,39-41,47,49-57,60-63,88-89,91-92,95-96H,10-11,13-18,23,28-38H2,1-9H3,(H2,75,93)(H,76,97)(H,77,99)(H,78,104)(H,79,103)(H,80,100)(H,81,102)(H,82,101)(H,83,98)/b48-12-/t39-,40?,41-,47?,49-,50+,51?,52+,53+,54+,55+,56+,57?,60-,61+,62?,63?/m1/s1. The van der Waals surface area contributed by atoms with E-state index in [-0.39, 0.29) is 70.3 Å². The van der Waals surface area contributed by atoms with E-state index in [0.717, 1.165) is 22.8 Å². The Hall–Kier alpha value is -9.84. The number of aliphatic hydroxyl groups excluding tert-OH is 5. The monoisotopic (exact) mass is 1530 g/mol. The molecule has 4 aliphatic heterocycles. The Balaban J connectivity index is 1.46. The maximum Gasteiger partial charge on any atom is 0.329 e. The fourth-order valence-electron chi connectivity index (χ4n) is 13.6. The number of aromatic hydroxyl groups is 1. The first-order valence-corrected chi connectivity index (χ1v) is 37.1. The van der Waals surface area contributed by atoms with Crippen LogP contribution in [0, 0.1) is 11.8 Å². The third-order valence-electron chi connectivity index (χ3n) is 20.7. The molecule has 0 spiro atoms. The van der Waals surface area contributed by atoms with Crippen LogP contribution < -0.4 is 53.0 Å². The highest BCUT2D eigenvalue weighted by Gasteiger charge is 2.46. The van der Waals surface area contributed by atoms with Gasteiger partial charge in [-0.2, -0.15) is 0 Å². The number of nitrogens with one attached hydrogen (secondary N) is 8. The van der Waals surface area contributed by atoms with Crippen molar-refractivity contribution in [3.8, 4) is 11.5 Å². The van der Waals surface area contributed by atoms with E-state index in [4.69, 9.17) is 15.2 Å². The van der Waals surface area contributed by atoms with Gasteiger partial charge in [0.1, 0.15) is 77.7 Å². The van der Waals surface area contributed by atoms with Gasteiger partial charge in [0.15, 0.2) is 6.10 Å². The van der Waals surface area contributed by atoms with Crippen molar-refractivity contribution in [2.45, 2.75) is 236 Å². The lowest BCUT2D eigenvalue weighted by atomic mass is 9.91. The number of likely N-dealkylation sites (N-methyl/N-ethyl adjacent to an activating group) is 1. The third kappa shape index (κ3) is 24.3. The first kappa shape index (κ1) is 88.1. The van der Waals surface area contributed by atoms with E-state index in [1.165, 1.54) is 62.1 Å². The molecule has 4 aliphatic rings. The molecule has 16 N–H and O–H groups in total. The summed E-state index contributed by atoms with van der Waals surface area (Å²) in [6.45, 7) is 8.41. The van der Waals surface area contributed by atoms with Crippen LogP contribution in [0.5, 0.6) is 11.5 Å². The largest absolute Gasteiger partial charge is 0.508 e. The number of amides is 13. The number of aryl methyl sites for hydroxylation is 1. The second kappa shape index (κ2) is 41.6. The summed E-state index contributed by atoms with van der Waals surface area (Å²) in [6, 6.07) is -3.39. The van der Waals surface area contributed by atoms with Crippen molar-refractivity contribution in [2.75, 3.05) is 46.9 Å². The number of phenols is 1. The highest BCUT2D eigenvalue weighted by molar-refractivity contribution is 6.03. The molecule has 35 nitrogen and oxygen atoms in total. The molecule has 0 radical (unpaired) electrons. The predicted octanol–water partition coefficient (Wildman–Crippen LogP) is -3.04. The minimum Gasteiger partial charge on any atom is -0.508 e. The topological polar surface area (TPSA) is 514 Å². The van der Waals surface area contributed by atoms with E-state index in [9.17, 15) is 88.2 Å². The van der Waals surface area contributed by atoms with Crippen molar-refractivity contribution >= 4 is 82.8 Å². The van der Waals surface area contributed by atoms with Crippen LogP contribution in [0.1, 0.15) is 143 Å². The molecule has 6 rings (SSSR count). The second-order valence-corrected chi connectivity index (χ2v) is 28.4. The molecule has 17 atom stereocenters. The average molecular weight is 1530 g/mol. The minimum absolute atomic E-state index is 0.0142. The van der Waals surface area contributed by atoms with Gasteiger partial charge in [-0.1, -0.05) is 70.9 Å². The SMILES string of the molecule is C/C=C1\NC(=O)[C@H](CO)NC(=O)[C@@H]([C@H](C)CC)NC(=O)[C@@H]2CCCN2C(=O)[C@@H]2CCCN2C(=O)CNC(=O)[C@@H](CCC(N)=O)NC(=O)C(O)C(CC(CC(O)C(O)C(C)CC)OC(=O)[C@H](Cc2ccc(O)cc2)N(C)C(C)=O)NC(=O)[C@@H]2CCCN2C(=O)[C@H](CCc2ccc(OC)cc2)NC(=O)[C@H]([C@@H](C)O)NC1=O. The van der Waals surface area contributed by atoms with Crippen LogP contribution in [0.15, 0.2) is 60.3 Å². The van der Waals surface area contributed by atoms with Crippen molar-refractivity contribution in [1.29, 1.82) is 0 Å². The minimum atomic E-state index is -2.52. The molecule has 0 saturated carbocycles. The number of primary amides is 1. The van der Waals surface area contributed by atoms with E-state index in [0.29, 0.717) is 42.6 Å². The molecular weight excluding hydrogens is 1420 g/mol. The van der Waals surface area contributed by atoms with Gasteiger partial charge in [-0.25, -0.2) is 4.79 Å². The number of hydrogen-bond donors (Lipinski definition) is 15. The molecule has 0 aliphatic carbocycles. The quantitative estimate of drug-likeness (QED) is 0.0388. The van der Waals surface area contributed by atoms with Crippen LogP contribution in [0.2, 0.25) is 0 Å². The number of rotatable bonds is 23. The Bertz CT molecular complexity index is 3580. The highest BCUT2D eigenvalue weighted by atomic mass is 16.5. The zero-order valence-electron chi connectivity index (χ0n) is 63.2. The number of carbonyl (C=O) groups excluding carboxylic acids is 14. The molecule has 2 aromatic carbocycles. The molecule has 4 fully saturated rings. The Morgan fingerprint density at radius 1 is 0.670 bits per heavy atom. The zero-order chi connectivity index (χ0) is 80.7. The van der Waals surface area contributed by atoms with Gasteiger partial charge in [0.2, 0.25) is 65.0 Å². The van der Waals surface area contributed by atoms with Crippen LogP contribution in [0.3, 0.4) is 0 Å². The maximum absolute atomic E-state index is 15.3. The lowest BCUT2D eigenvalue weighted by Gasteiger charge is -2.34. The number of fused-ring (bicyclic) bond motifs is 3. The summed E-state index contributed by atoms with van der Waals surface area (Å²) in [5.41, 5.74) is 6.07. The van der Waals surface area contributed by atoms with Crippen LogP contribution in [0.4, 0.5) is 0 Å². The van der Waals surface area contributed by atoms with Crippen LogP contribution in [0.25, 0.3) is 0 Å². The fourth-order valence-corrected chi connectivity index (χ4v) is 13.6. The molecule has 602 valence electrons. The molecular formula is C74H109N13O22. The smallest absolute Gasteiger partial charge is 0.329 e. The highest BCUT2D eigenvalue weighted by Crippen LogP contribution is 2.29. The fraction of sp³-hybridized carbons (Fsp3) is 0.622. The summed E-state index contributed by atoms with van der Waals surface area (Å²) in [7, 11) is 2.76. The number of carbonyl (C=O) groups is 14. The Morgan fingerprint density at radius 2 is 1.24 bits per heavy atom. The number of ether oxygens (including phenoxy) is 2. The van der Waals surface area contributed by atoms with E-state index in [2.05, 4.69) is 42.5 Å². The van der Waals surface area contributed by atoms with Gasteiger partial charge in [-0.15, -0.1) is 0 Å². The van der Waals surface area contributed by atoms with Crippen molar-refractivity contribution in [3.63, 3.8) is 0 Å². The molecule has 4 heterocycles. The first-order chi connectivity index (χ1) is 51.7. The molecule has 0 bridgehead atoms.